The summed E-state index contributed by atoms with van der Waals surface area (Å²) >= 11 is 0. The van der Waals surface area contributed by atoms with Gasteiger partial charge in [-0.15, -0.1) is 0 Å². The number of carbonyl (C=O) groups excluding carboxylic acids is 2. The maximum atomic E-state index is 12.6. The van der Waals surface area contributed by atoms with Gasteiger partial charge in [0.05, 0.1) is 11.7 Å². The normalized spacial score (nSPS) is 21.9. The van der Waals surface area contributed by atoms with E-state index in [9.17, 15) is 9.59 Å². The minimum absolute atomic E-state index is 0.0604. The van der Waals surface area contributed by atoms with Crippen LogP contribution in [0.1, 0.15) is 46.5 Å². The third-order valence-electron chi connectivity index (χ3n) is 4.44. The number of primary amides is 1. The zero-order chi connectivity index (χ0) is 15.7. The Hall–Kier alpha value is -1.82. The number of nitrogens with two attached hydrogens (primary N) is 1. The Kier molecular flexibility index (Phi) is 4.20. The van der Waals surface area contributed by atoms with E-state index in [0.29, 0.717) is 17.8 Å². The van der Waals surface area contributed by atoms with Crippen LogP contribution in [-0.4, -0.2) is 47.1 Å². The fourth-order valence-corrected chi connectivity index (χ4v) is 2.89. The smallest absolute Gasteiger partial charge is 0.270 e. The van der Waals surface area contributed by atoms with E-state index in [4.69, 9.17) is 10.5 Å². The van der Waals surface area contributed by atoms with Gasteiger partial charge in [-0.3, -0.25) is 9.59 Å². The highest BCUT2D eigenvalue weighted by atomic mass is 16.5. The summed E-state index contributed by atoms with van der Waals surface area (Å²) in [7, 11) is 1.75. The Balaban J connectivity index is 1.64. The van der Waals surface area contributed by atoms with Gasteiger partial charge >= 0.3 is 0 Å². The first kappa shape index (κ1) is 15.1. The molecule has 120 valence electrons. The van der Waals surface area contributed by atoms with Gasteiger partial charge in [0.15, 0.2) is 0 Å². The molecule has 2 aliphatic rings. The molecule has 1 saturated carbocycles. The minimum Gasteiger partial charge on any atom is -0.376 e. The second kappa shape index (κ2) is 6.12. The van der Waals surface area contributed by atoms with Crippen molar-refractivity contribution < 1.29 is 14.3 Å². The number of hydrogen-bond donors (Lipinski definition) is 1. The molecule has 1 unspecified atom stereocenters. The molecule has 0 spiro atoms. The van der Waals surface area contributed by atoms with E-state index in [1.54, 1.807) is 23.9 Å². The van der Waals surface area contributed by atoms with Gasteiger partial charge in [0.1, 0.15) is 5.69 Å². The summed E-state index contributed by atoms with van der Waals surface area (Å²) in [6.07, 6.45) is 6.24. The molecule has 1 saturated heterocycles. The highest BCUT2D eigenvalue weighted by Crippen LogP contribution is 2.30. The van der Waals surface area contributed by atoms with Gasteiger partial charge in [0, 0.05) is 32.9 Å². The summed E-state index contributed by atoms with van der Waals surface area (Å²) in [4.78, 5) is 25.7. The first-order valence-corrected chi connectivity index (χ1v) is 7.91. The van der Waals surface area contributed by atoms with Crippen LogP contribution in [0.3, 0.4) is 0 Å². The van der Waals surface area contributed by atoms with Gasteiger partial charge in [0.2, 0.25) is 5.91 Å². The average Bonchev–Trinajstić information content (AvgIpc) is 3.25. The molecule has 22 heavy (non-hydrogen) atoms. The highest BCUT2D eigenvalue weighted by molar-refractivity contribution is 5.98. The van der Waals surface area contributed by atoms with Gasteiger partial charge in [-0.25, -0.2) is 0 Å². The molecule has 0 aromatic carbocycles. The van der Waals surface area contributed by atoms with Crippen LogP contribution in [0.4, 0.5) is 0 Å². The molecule has 1 aliphatic heterocycles. The van der Waals surface area contributed by atoms with Crippen molar-refractivity contribution in [3.05, 3.63) is 23.5 Å². The molecule has 1 atom stereocenters. The topological polar surface area (TPSA) is 77.6 Å². The van der Waals surface area contributed by atoms with Crippen molar-refractivity contribution in [2.75, 3.05) is 19.7 Å². The Morgan fingerprint density at radius 1 is 1.36 bits per heavy atom. The number of nitrogens with zero attached hydrogens (tertiary/aromatic N) is 2. The van der Waals surface area contributed by atoms with Crippen molar-refractivity contribution >= 4 is 11.8 Å². The zero-order valence-electron chi connectivity index (χ0n) is 13.0. The lowest BCUT2D eigenvalue weighted by molar-refractivity contribution is -0.00269. The van der Waals surface area contributed by atoms with Gasteiger partial charge in [-0.2, -0.15) is 0 Å². The summed E-state index contributed by atoms with van der Waals surface area (Å²) < 4.78 is 7.59. The molecule has 1 aromatic heterocycles. The molecule has 0 bridgehead atoms. The van der Waals surface area contributed by atoms with Crippen LogP contribution in [0.15, 0.2) is 12.3 Å². The lowest BCUT2D eigenvalue weighted by atomic mass is 10.1. The Morgan fingerprint density at radius 2 is 2.14 bits per heavy atom. The van der Waals surface area contributed by atoms with Crippen LogP contribution in [0.5, 0.6) is 0 Å². The molecule has 6 heteroatoms. The monoisotopic (exact) mass is 305 g/mol. The standard InChI is InChI=1S/C16H23N3O3/c1-18-8-12(15(17)20)7-14(18)16(21)19-6-2-3-13(9-19)22-10-11-4-5-11/h7-8,11,13H,2-6,9-10H2,1H3,(H2,17,20). The second-order valence-electron chi connectivity index (χ2n) is 6.38. The van der Waals surface area contributed by atoms with Gasteiger partial charge in [-0.05, 0) is 37.7 Å². The van der Waals surface area contributed by atoms with E-state index in [-0.39, 0.29) is 12.0 Å². The first-order chi connectivity index (χ1) is 10.5. The fraction of sp³-hybridized carbons (Fsp3) is 0.625. The lowest BCUT2D eigenvalue weighted by Gasteiger charge is -2.32. The minimum atomic E-state index is -0.515. The van der Waals surface area contributed by atoms with Crippen LogP contribution >= 0.6 is 0 Å². The number of rotatable bonds is 5. The van der Waals surface area contributed by atoms with Crippen molar-refractivity contribution in [3.8, 4) is 0 Å². The Bertz CT molecular complexity index is 577. The maximum absolute atomic E-state index is 12.6. The van der Waals surface area contributed by atoms with Crippen LogP contribution in [0.25, 0.3) is 0 Å². The van der Waals surface area contributed by atoms with E-state index >= 15 is 0 Å². The van der Waals surface area contributed by atoms with E-state index in [1.807, 2.05) is 4.90 Å². The van der Waals surface area contributed by atoms with Crippen LogP contribution < -0.4 is 5.73 Å². The van der Waals surface area contributed by atoms with Crippen molar-refractivity contribution in [2.24, 2.45) is 18.7 Å². The first-order valence-electron chi connectivity index (χ1n) is 7.91. The molecule has 2 N–H and O–H groups in total. The predicted octanol–water partition coefficient (Wildman–Crippen LogP) is 1.16. The number of piperidine rings is 1. The summed E-state index contributed by atoms with van der Waals surface area (Å²) in [6.45, 7) is 2.19. The van der Waals surface area contributed by atoms with Crippen molar-refractivity contribution in [2.45, 2.75) is 31.8 Å². The summed E-state index contributed by atoms with van der Waals surface area (Å²) in [6, 6.07) is 1.57. The number of aryl methyl sites for hydroxylation is 1. The number of amides is 2. The van der Waals surface area contributed by atoms with Crippen molar-refractivity contribution in [1.82, 2.24) is 9.47 Å². The zero-order valence-corrected chi connectivity index (χ0v) is 13.0. The van der Waals surface area contributed by atoms with Gasteiger partial charge < -0.3 is 19.9 Å². The van der Waals surface area contributed by atoms with Gasteiger partial charge in [-0.1, -0.05) is 0 Å². The lowest BCUT2D eigenvalue weighted by Crippen LogP contribution is -2.43. The molecule has 2 fully saturated rings. The second-order valence-corrected chi connectivity index (χ2v) is 6.38. The van der Waals surface area contributed by atoms with Crippen molar-refractivity contribution in [1.29, 1.82) is 0 Å². The van der Waals surface area contributed by atoms with Crippen LogP contribution in [-0.2, 0) is 11.8 Å². The number of hydrogen-bond acceptors (Lipinski definition) is 3. The molecular weight excluding hydrogens is 282 g/mol. The number of carbonyl (C=O) groups is 2. The molecule has 0 radical (unpaired) electrons. The van der Waals surface area contributed by atoms with E-state index in [0.717, 1.165) is 31.9 Å². The van der Waals surface area contributed by atoms with Crippen molar-refractivity contribution in [3.63, 3.8) is 0 Å². The highest BCUT2D eigenvalue weighted by Gasteiger charge is 2.29. The van der Waals surface area contributed by atoms with E-state index in [1.165, 1.54) is 12.8 Å². The van der Waals surface area contributed by atoms with Gasteiger partial charge in [0.25, 0.3) is 5.91 Å². The van der Waals surface area contributed by atoms with Crippen LogP contribution in [0.2, 0.25) is 0 Å². The third-order valence-corrected chi connectivity index (χ3v) is 4.44. The number of ether oxygens (including phenoxy) is 1. The molecule has 6 nitrogen and oxygen atoms in total. The van der Waals surface area contributed by atoms with E-state index < -0.39 is 5.91 Å². The Labute approximate surface area is 130 Å². The Morgan fingerprint density at radius 3 is 2.77 bits per heavy atom. The quantitative estimate of drug-likeness (QED) is 0.886. The maximum Gasteiger partial charge on any atom is 0.270 e. The SMILES string of the molecule is Cn1cc(C(N)=O)cc1C(=O)N1CCCC(OCC2CC2)C1. The molecule has 3 rings (SSSR count). The molecule has 1 aliphatic carbocycles. The molecule has 2 heterocycles. The van der Waals surface area contributed by atoms with Crippen LogP contribution in [0, 0.1) is 5.92 Å². The summed E-state index contributed by atoms with van der Waals surface area (Å²) in [5.41, 5.74) is 6.14. The third kappa shape index (κ3) is 3.32. The van der Waals surface area contributed by atoms with E-state index in [2.05, 4.69) is 0 Å². The fourth-order valence-electron chi connectivity index (χ4n) is 2.89. The molecule has 1 aromatic rings. The largest absolute Gasteiger partial charge is 0.376 e. The molecular formula is C16H23N3O3. The molecule has 2 amide bonds. The number of likely N-dealkylation sites (tertiary alicyclic amines) is 1. The summed E-state index contributed by atoms with van der Waals surface area (Å²) in [5, 5.41) is 0. The average molecular weight is 305 g/mol. The number of aromatic nitrogens is 1. The predicted molar refractivity (Wildman–Crippen MR) is 81.5 cm³/mol. The summed E-state index contributed by atoms with van der Waals surface area (Å²) in [5.74, 6) is 0.158.